The molecule has 0 atom stereocenters. The Labute approximate surface area is 126 Å². The van der Waals surface area contributed by atoms with Crippen LogP contribution in [0.4, 0.5) is 10.1 Å². The summed E-state index contributed by atoms with van der Waals surface area (Å²) in [5.74, 6) is -2.87. The first-order valence-electron chi connectivity index (χ1n) is 5.97. The number of benzene rings is 1. The smallest absolute Gasteiger partial charge is 0.323 e. The van der Waals surface area contributed by atoms with Gasteiger partial charge in [0.1, 0.15) is 16.8 Å². The number of halogens is 2. The van der Waals surface area contributed by atoms with Gasteiger partial charge in [0.05, 0.1) is 16.6 Å². The number of amides is 1. The van der Waals surface area contributed by atoms with Crippen LogP contribution in [0.5, 0.6) is 0 Å². The van der Waals surface area contributed by atoms with Crippen LogP contribution in [0.1, 0.15) is 23.2 Å². The van der Waals surface area contributed by atoms with E-state index in [0.29, 0.717) is 18.9 Å². The summed E-state index contributed by atoms with van der Waals surface area (Å²) in [5, 5.41) is 19.7. The van der Waals surface area contributed by atoms with Crippen LogP contribution < -0.4 is 0 Å². The lowest BCUT2D eigenvalue weighted by Crippen LogP contribution is -2.37. The van der Waals surface area contributed by atoms with Crippen molar-refractivity contribution in [3.63, 3.8) is 0 Å². The molecule has 1 amide bonds. The van der Waals surface area contributed by atoms with E-state index in [0.717, 1.165) is 11.0 Å². The van der Waals surface area contributed by atoms with E-state index < -0.39 is 34.8 Å². The summed E-state index contributed by atoms with van der Waals surface area (Å²) in [7, 11) is 0. The first-order valence-corrected chi connectivity index (χ1v) is 6.76. The fraction of sp³-hybridized carbons (Fsp3) is 0.333. The third-order valence-corrected chi connectivity index (χ3v) is 3.83. The summed E-state index contributed by atoms with van der Waals surface area (Å²) in [6.07, 6.45) is 1.32. The molecule has 0 aliphatic heterocycles. The molecule has 1 saturated carbocycles. The second kappa shape index (κ2) is 5.76. The SMILES string of the molecule is O=C(O)CN(C(=O)c1cc(F)cc([N+](=O)[O-])c1Br)C1CC1. The van der Waals surface area contributed by atoms with Gasteiger partial charge in [-0.1, -0.05) is 0 Å². The summed E-state index contributed by atoms with van der Waals surface area (Å²) in [5.41, 5.74) is -0.834. The molecule has 1 fully saturated rings. The molecule has 0 bridgehead atoms. The molecule has 0 saturated heterocycles. The molecule has 1 aliphatic carbocycles. The molecule has 2 rings (SSSR count). The maximum atomic E-state index is 13.5. The van der Waals surface area contributed by atoms with Gasteiger partial charge in [0.15, 0.2) is 0 Å². The average molecular weight is 361 g/mol. The summed E-state index contributed by atoms with van der Waals surface area (Å²) >= 11 is 2.92. The second-order valence-electron chi connectivity index (χ2n) is 4.60. The van der Waals surface area contributed by atoms with Crippen LogP contribution in [-0.4, -0.2) is 39.4 Å². The predicted molar refractivity (Wildman–Crippen MR) is 72.4 cm³/mol. The summed E-state index contributed by atoms with van der Waals surface area (Å²) < 4.78 is 13.3. The molecular weight excluding hydrogens is 351 g/mol. The minimum atomic E-state index is -1.20. The zero-order valence-electron chi connectivity index (χ0n) is 10.6. The minimum absolute atomic E-state index is 0.157. The van der Waals surface area contributed by atoms with Crippen molar-refractivity contribution in [3.8, 4) is 0 Å². The van der Waals surface area contributed by atoms with Gasteiger partial charge in [0.2, 0.25) is 0 Å². The van der Waals surface area contributed by atoms with Crippen molar-refractivity contribution in [1.82, 2.24) is 4.90 Å². The van der Waals surface area contributed by atoms with Gasteiger partial charge in [-0.05, 0) is 34.8 Å². The minimum Gasteiger partial charge on any atom is -0.480 e. The standard InChI is InChI=1S/C12H10BrFN2O5/c13-11-8(3-6(14)4-9(11)16(20)21)12(19)15(5-10(17)18)7-1-2-7/h3-4,7H,1-2,5H2,(H,17,18). The molecule has 7 nitrogen and oxygen atoms in total. The molecule has 1 N–H and O–H groups in total. The molecule has 1 aliphatic rings. The van der Waals surface area contributed by atoms with E-state index in [-0.39, 0.29) is 16.1 Å². The van der Waals surface area contributed by atoms with Crippen LogP contribution >= 0.6 is 15.9 Å². The summed E-state index contributed by atoms with van der Waals surface area (Å²) in [6, 6.07) is 1.33. The first-order chi connectivity index (χ1) is 9.81. The highest BCUT2D eigenvalue weighted by Gasteiger charge is 2.36. The number of hydrogen-bond donors (Lipinski definition) is 1. The molecule has 0 heterocycles. The number of carboxylic acid groups (broad SMARTS) is 1. The van der Waals surface area contributed by atoms with Crippen molar-refractivity contribution in [2.75, 3.05) is 6.54 Å². The second-order valence-corrected chi connectivity index (χ2v) is 5.39. The van der Waals surface area contributed by atoms with Gasteiger partial charge in [0, 0.05) is 6.04 Å². The highest BCUT2D eigenvalue weighted by Crippen LogP contribution is 2.33. The van der Waals surface area contributed by atoms with Crippen molar-refractivity contribution in [2.24, 2.45) is 0 Å². The van der Waals surface area contributed by atoms with Gasteiger partial charge in [-0.15, -0.1) is 0 Å². The van der Waals surface area contributed by atoms with E-state index in [1.165, 1.54) is 0 Å². The Morgan fingerprint density at radius 3 is 2.57 bits per heavy atom. The predicted octanol–water partition coefficient (Wildman–Crippen LogP) is 2.19. The van der Waals surface area contributed by atoms with Crippen molar-refractivity contribution >= 4 is 33.5 Å². The van der Waals surface area contributed by atoms with Gasteiger partial charge >= 0.3 is 5.97 Å². The van der Waals surface area contributed by atoms with Gasteiger partial charge < -0.3 is 10.0 Å². The quantitative estimate of drug-likeness (QED) is 0.640. The van der Waals surface area contributed by atoms with Gasteiger partial charge in [-0.3, -0.25) is 19.7 Å². The van der Waals surface area contributed by atoms with Crippen molar-refractivity contribution in [2.45, 2.75) is 18.9 Å². The Hall–Kier alpha value is -2.03. The molecular formula is C12H10BrFN2O5. The van der Waals surface area contributed by atoms with Crippen LogP contribution in [0.2, 0.25) is 0 Å². The zero-order valence-corrected chi connectivity index (χ0v) is 12.2. The lowest BCUT2D eigenvalue weighted by molar-refractivity contribution is -0.385. The van der Waals surface area contributed by atoms with Crippen LogP contribution in [0.3, 0.4) is 0 Å². The lowest BCUT2D eigenvalue weighted by atomic mass is 10.1. The number of rotatable bonds is 5. The average Bonchev–Trinajstić information content (AvgIpc) is 3.21. The summed E-state index contributed by atoms with van der Waals surface area (Å²) in [6.45, 7) is -0.528. The number of aliphatic carboxylic acids is 1. The molecule has 0 aromatic heterocycles. The number of nitrogens with zero attached hydrogens (tertiary/aromatic N) is 2. The normalized spacial score (nSPS) is 13.8. The van der Waals surface area contributed by atoms with E-state index in [2.05, 4.69) is 15.9 Å². The summed E-state index contributed by atoms with van der Waals surface area (Å²) in [4.78, 5) is 34.3. The number of carbonyl (C=O) groups is 2. The molecule has 9 heteroatoms. The topological polar surface area (TPSA) is 101 Å². The van der Waals surface area contributed by atoms with Crippen molar-refractivity contribution in [1.29, 1.82) is 0 Å². The molecule has 0 radical (unpaired) electrons. The third kappa shape index (κ3) is 3.35. The van der Waals surface area contributed by atoms with Crippen LogP contribution in [0.25, 0.3) is 0 Å². The fourth-order valence-electron chi connectivity index (χ4n) is 1.92. The Morgan fingerprint density at radius 1 is 1.48 bits per heavy atom. The van der Waals surface area contributed by atoms with Gasteiger partial charge in [-0.25, -0.2) is 4.39 Å². The van der Waals surface area contributed by atoms with Gasteiger partial charge in [0.25, 0.3) is 11.6 Å². The zero-order chi connectivity index (χ0) is 15.7. The van der Waals surface area contributed by atoms with Crippen molar-refractivity contribution in [3.05, 3.63) is 38.1 Å². The number of carboxylic acids is 1. The highest BCUT2D eigenvalue weighted by molar-refractivity contribution is 9.10. The van der Waals surface area contributed by atoms with E-state index in [9.17, 15) is 24.1 Å². The molecule has 0 unspecified atom stereocenters. The number of nitro groups is 1. The fourth-order valence-corrected chi connectivity index (χ4v) is 2.46. The lowest BCUT2D eigenvalue weighted by Gasteiger charge is -2.20. The van der Waals surface area contributed by atoms with E-state index in [1.54, 1.807) is 0 Å². The Balaban J connectivity index is 2.42. The highest BCUT2D eigenvalue weighted by atomic mass is 79.9. The van der Waals surface area contributed by atoms with Crippen LogP contribution in [0.15, 0.2) is 16.6 Å². The van der Waals surface area contributed by atoms with Crippen LogP contribution in [0, 0.1) is 15.9 Å². The third-order valence-electron chi connectivity index (χ3n) is 3.00. The van der Waals surface area contributed by atoms with E-state index in [4.69, 9.17) is 5.11 Å². The van der Waals surface area contributed by atoms with E-state index >= 15 is 0 Å². The molecule has 0 spiro atoms. The molecule has 1 aromatic carbocycles. The maximum Gasteiger partial charge on any atom is 0.323 e. The molecule has 21 heavy (non-hydrogen) atoms. The number of nitro benzene ring substituents is 1. The molecule has 112 valence electrons. The Morgan fingerprint density at radius 2 is 2.10 bits per heavy atom. The van der Waals surface area contributed by atoms with E-state index in [1.807, 2.05) is 0 Å². The number of carbonyl (C=O) groups excluding carboxylic acids is 1. The number of hydrogen-bond acceptors (Lipinski definition) is 4. The monoisotopic (exact) mass is 360 g/mol. The largest absolute Gasteiger partial charge is 0.480 e. The Bertz CT molecular complexity index is 632. The maximum absolute atomic E-state index is 13.5. The van der Waals surface area contributed by atoms with Crippen molar-refractivity contribution < 1.29 is 24.0 Å². The Kier molecular flexibility index (Phi) is 4.21. The van der Waals surface area contributed by atoms with Crippen LogP contribution in [-0.2, 0) is 4.79 Å². The first kappa shape index (κ1) is 15.4. The van der Waals surface area contributed by atoms with Gasteiger partial charge in [-0.2, -0.15) is 0 Å². The molecule has 1 aromatic rings.